The number of nitrogens with one attached hydrogen (secondary N) is 2. The first-order valence-electron chi connectivity index (χ1n) is 6.87. The molecule has 0 aliphatic carbocycles. The van der Waals surface area contributed by atoms with Gasteiger partial charge in [-0.1, -0.05) is 0 Å². The van der Waals surface area contributed by atoms with E-state index in [0.717, 1.165) is 31.0 Å². The van der Waals surface area contributed by atoms with E-state index in [2.05, 4.69) is 39.6 Å². The van der Waals surface area contributed by atoms with Crippen LogP contribution >= 0.6 is 0 Å². The zero-order valence-corrected chi connectivity index (χ0v) is 12.3. The van der Waals surface area contributed by atoms with Gasteiger partial charge in [-0.15, -0.1) is 0 Å². The second-order valence-electron chi connectivity index (χ2n) is 5.00. The second kappa shape index (κ2) is 7.54. The van der Waals surface area contributed by atoms with Gasteiger partial charge in [0, 0.05) is 18.3 Å². The minimum atomic E-state index is -0.258. The average Bonchev–Trinajstić information content (AvgIpc) is 2.46. The Morgan fingerprint density at radius 3 is 2.52 bits per heavy atom. The van der Waals surface area contributed by atoms with Gasteiger partial charge in [0.2, 0.25) is 0 Å². The fourth-order valence-corrected chi connectivity index (χ4v) is 1.82. The molecule has 2 aromatic rings. The fourth-order valence-electron chi connectivity index (χ4n) is 1.82. The van der Waals surface area contributed by atoms with E-state index >= 15 is 0 Å². The molecule has 21 heavy (non-hydrogen) atoms. The lowest BCUT2D eigenvalue weighted by Gasteiger charge is -2.11. The molecule has 5 nitrogen and oxygen atoms in total. The van der Waals surface area contributed by atoms with Crippen LogP contribution in [0.4, 0.5) is 21.7 Å². The van der Waals surface area contributed by atoms with Gasteiger partial charge >= 0.3 is 0 Å². The fraction of sp³-hybridized carbons (Fsp3) is 0.333. The molecule has 0 spiro atoms. The van der Waals surface area contributed by atoms with Crippen molar-refractivity contribution in [2.24, 2.45) is 0 Å². The summed E-state index contributed by atoms with van der Waals surface area (Å²) in [5.74, 6) is 1.19. The summed E-state index contributed by atoms with van der Waals surface area (Å²) >= 11 is 0. The summed E-state index contributed by atoms with van der Waals surface area (Å²) < 4.78 is 12.9. The van der Waals surface area contributed by atoms with Crippen LogP contribution in [-0.2, 0) is 0 Å². The van der Waals surface area contributed by atoms with Gasteiger partial charge in [0.15, 0.2) is 0 Å². The molecule has 0 unspecified atom stereocenters. The Hall–Kier alpha value is -2.21. The highest BCUT2D eigenvalue weighted by molar-refractivity contribution is 5.58. The Balaban J connectivity index is 1.89. The van der Waals surface area contributed by atoms with Crippen LogP contribution in [0.3, 0.4) is 0 Å². The third-order valence-corrected chi connectivity index (χ3v) is 2.87. The van der Waals surface area contributed by atoms with Gasteiger partial charge in [-0.05, 0) is 51.3 Å². The molecule has 1 aromatic heterocycles. The largest absolute Gasteiger partial charge is 0.370 e. The van der Waals surface area contributed by atoms with Crippen molar-refractivity contribution in [2.75, 3.05) is 37.8 Å². The maximum atomic E-state index is 12.9. The Morgan fingerprint density at radius 1 is 1.10 bits per heavy atom. The van der Waals surface area contributed by atoms with Crippen molar-refractivity contribution in [1.82, 2.24) is 14.9 Å². The number of rotatable bonds is 7. The molecule has 0 fully saturated rings. The number of hydrogen-bond donors (Lipinski definition) is 2. The molecule has 0 saturated heterocycles. The first-order chi connectivity index (χ1) is 10.1. The summed E-state index contributed by atoms with van der Waals surface area (Å²) in [7, 11) is 4.10. The van der Waals surface area contributed by atoms with E-state index in [1.54, 1.807) is 12.1 Å². The average molecular weight is 289 g/mol. The number of benzene rings is 1. The van der Waals surface area contributed by atoms with Gasteiger partial charge in [-0.25, -0.2) is 14.4 Å². The van der Waals surface area contributed by atoms with E-state index in [4.69, 9.17) is 0 Å². The molecule has 1 aromatic carbocycles. The van der Waals surface area contributed by atoms with E-state index in [-0.39, 0.29) is 5.82 Å². The zero-order valence-electron chi connectivity index (χ0n) is 12.3. The van der Waals surface area contributed by atoms with Gasteiger partial charge in [0.1, 0.15) is 23.8 Å². The highest BCUT2D eigenvalue weighted by atomic mass is 19.1. The van der Waals surface area contributed by atoms with Crippen molar-refractivity contribution in [1.29, 1.82) is 0 Å². The molecule has 6 heteroatoms. The van der Waals surface area contributed by atoms with E-state index in [9.17, 15) is 4.39 Å². The van der Waals surface area contributed by atoms with Crippen LogP contribution in [0, 0.1) is 5.82 Å². The van der Waals surface area contributed by atoms with Gasteiger partial charge in [0.05, 0.1) is 0 Å². The monoisotopic (exact) mass is 289 g/mol. The maximum Gasteiger partial charge on any atom is 0.135 e. The number of hydrogen-bond acceptors (Lipinski definition) is 5. The van der Waals surface area contributed by atoms with E-state index in [0.29, 0.717) is 5.82 Å². The van der Waals surface area contributed by atoms with Crippen LogP contribution in [0.2, 0.25) is 0 Å². The lowest BCUT2D eigenvalue weighted by atomic mass is 10.3. The summed E-state index contributed by atoms with van der Waals surface area (Å²) in [6.45, 7) is 1.88. The molecule has 0 radical (unpaired) electrons. The normalized spacial score (nSPS) is 10.7. The quantitative estimate of drug-likeness (QED) is 0.768. The predicted octanol–water partition coefficient (Wildman–Crippen LogP) is 2.72. The van der Waals surface area contributed by atoms with Crippen LogP contribution in [0.1, 0.15) is 6.42 Å². The summed E-state index contributed by atoms with van der Waals surface area (Å²) in [5, 5.41) is 6.37. The van der Waals surface area contributed by atoms with Crippen molar-refractivity contribution in [2.45, 2.75) is 6.42 Å². The van der Waals surface area contributed by atoms with Gasteiger partial charge < -0.3 is 15.5 Å². The van der Waals surface area contributed by atoms with Crippen LogP contribution in [-0.4, -0.2) is 42.1 Å². The highest BCUT2D eigenvalue weighted by Gasteiger charge is 2.00. The van der Waals surface area contributed by atoms with Gasteiger partial charge in [-0.2, -0.15) is 0 Å². The number of aromatic nitrogens is 2. The third kappa shape index (κ3) is 5.35. The number of halogens is 1. The van der Waals surface area contributed by atoms with Gasteiger partial charge in [0.25, 0.3) is 0 Å². The summed E-state index contributed by atoms with van der Waals surface area (Å²) in [6.07, 6.45) is 2.54. The van der Waals surface area contributed by atoms with Gasteiger partial charge in [-0.3, -0.25) is 0 Å². The molecular weight excluding hydrogens is 269 g/mol. The van der Waals surface area contributed by atoms with Crippen LogP contribution in [0.15, 0.2) is 36.7 Å². The molecule has 2 rings (SSSR count). The molecule has 2 N–H and O–H groups in total. The van der Waals surface area contributed by atoms with Crippen LogP contribution in [0.25, 0.3) is 0 Å². The first kappa shape index (κ1) is 15.2. The lowest BCUT2D eigenvalue weighted by Crippen LogP contribution is -2.16. The van der Waals surface area contributed by atoms with Crippen LogP contribution in [0.5, 0.6) is 0 Å². The minimum absolute atomic E-state index is 0.258. The Morgan fingerprint density at radius 2 is 1.81 bits per heavy atom. The smallest absolute Gasteiger partial charge is 0.135 e. The summed E-state index contributed by atoms with van der Waals surface area (Å²) in [6, 6.07) is 7.98. The summed E-state index contributed by atoms with van der Waals surface area (Å²) in [5.41, 5.74) is 0.786. The van der Waals surface area contributed by atoms with Crippen molar-refractivity contribution in [3.05, 3.63) is 42.5 Å². The first-order valence-corrected chi connectivity index (χ1v) is 6.87. The molecule has 0 aliphatic heterocycles. The SMILES string of the molecule is CN(C)CCCNc1cc(Nc2ccc(F)cc2)ncn1. The molecule has 0 aliphatic rings. The topological polar surface area (TPSA) is 53.1 Å². The van der Waals surface area contributed by atoms with Crippen molar-refractivity contribution in [3.8, 4) is 0 Å². The third-order valence-electron chi connectivity index (χ3n) is 2.87. The highest BCUT2D eigenvalue weighted by Crippen LogP contribution is 2.16. The minimum Gasteiger partial charge on any atom is -0.370 e. The molecule has 1 heterocycles. The number of nitrogens with zero attached hydrogens (tertiary/aromatic N) is 3. The summed E-state index contributed by atoms with van der Waals surface area (Å²) in [4.78, 5) is 10.5. The molecular formula is C15H20FN5. The van der Waals surface area contributed by atoms with Crippen LogP contribution < -0.4 is 10.6 Å². The molecule has 0 saturated carbocycles. The van der Waals surface area contributed by atoms with E-state index in [1.165, 1.54) is 18.5 Å². The Kier molecular flexibility index (Phi) is 5.45. The van der Waals surface area contributed by atoms with E-state index < -0.39 is 0 Å². The molecule has 0 atom stereocenters. The standard InChI is InChI=1S/C15H20FN5/c1-21(2)9-3-8-17-14-10-15(19-11-18-14)20-13-6-4-12(16)5-7-13/h4-7,10-11H,3,8-9H2,1-2H3,(H2,17,18,19,20). The number of anilines is 3. The maximum absolute atomic E-state index is 12.9. The zero-order chi connectivity index (χ0) is 15.1. The second-order valence-corrected chi connectivity index (χ2v) is 5.00. The molecule has 112 valence electrons. The lowest BCUT2D eigenvalue weighted by molar-refractivity contribution is 0.405. The van der Waals surface area contributed by atoms with Crippen molar-refractivity contribution >= 4 is 17.3 Å². The van der Waals surface area contributed by atoms with Crippen molar-refractivity contribution < 1.29 is 4.39 Å². The Bertz CT molecular complexity index is 556. The van der Waals surface area contributed by atoms with Crippen molar-refractivity contribution in [3.63, 3.8) is 0 Å². The molecule has 0 bridgehead atoms. The van der Waals surface area contributed by atoms with E-state index in [1.807, 2.05) is 6.07 Å². The predicted molar refractivity (Wildman–Crippen MR) is 83.4 cm³/mol. The molecule has 0 amide bonds. The Labute approximate surface area is 124 Å².